The SMILES string of the molecule is c1ccc(-c2ccc(N(c3ccc(-c4ccc5ccc6oc7ccncc7c6c5c4)cc3)c3ccccc3-c3ccccc3)cc2)cc1. The molecule has 226 valence electrons. The van der Waals surface area contributed by atoms with Gasteiger partial charge in [-0.1, -0.05) is 121 Å². The smallest absolute Gasteiger partial charge is 0.138 e. The van der Waals surface area contributed by atoms with Gasteiger partial charge < -0.3 is 9.32 Å². The standard InChI is InChI=1S/C45H30N2O/c1-3-9-31(10-4-1)32-17-22-37(23-18-32)47(42-14-8-7-13-39(42)34-11-5-2-6-12-34)38-24-19-33(20-25-38)36-16-15-35-21-26-44-45(40(35)29-36)41-30-46-28-27-43(41)48-44/h1-30H. The fourth-order valence-corrected chi connectivity index (χ4v) is 6.81. The highest BCUT2D eigenvalue weighted by molar-refractivity contribution is 6.19. The van der Waals surface area contributed by atoms with Gasteiger partial charge in [-0.2, -0.15) is 0 Å². The lowest BCUT2D eigenvalue weighted by molar-refractivity contribution is 0.668. The van der Waals surface area contributed by atoms with E-state index in [0.29, 0.717) is 0 Å². The lowest BCUT2D eigenvalue weighted by Gasteiger charge is -2.28. The Morgan fingerprint density at radius 2 is 1.02 bits per heavy atom. The van der Waals surface area contributed by atoms with E-state index < -0.39 is 0 Å². The number of benzene rings is 7. The summed E-state index contributed by atoms with van der Waals surface area (Å²) in [4.78, 5) is 6.74. The number of nitrogens with zero attached hydrogens (tertiary/aromatic N) is 2. The molecule has 2 heterocycles. The Kier molecular flexibility index (Phi) is 6.80. The van der Waals surface area contributed by atoms with Crippen molar-refractivity contribution >= 4 is 49.8 Å². The van der Waals surface area contributed by atoms with Crippen molar-refractivity contribution < 1.29 is 4.42 Å². The van der Waals surface area contributed by atoms with E-state index in [4.69, 9.17) is 4.42 Å². The molecular weight excluding hydrogens is 585 g/mol. The third kappa shape index (κ3) is 4.90. The quantitative estimate of drug-likeness (QED) is 0.187. The van der Waals surface area contributed by atoms with E-state index in [1.807, 2.05) is 12.3 Å². The molecule has 0 radical (unpaired) electrons. The Morgan fingerprint density at radius 1 is 0.438 bits per heavy atom. The lowest BCUT2D eigenvalue weighted by Crippen LogP contribution is -2.11. The van der Waals surface area contributed by atoms with Crippen LogP contribution in [0.25, 0.3) is 66.1 Å². The highest BCUT2D eigenvalue weighted by Gasteiger charge is 2.18. The van der Waals surface area contributed by atoms with Gasteiger partial charge >= 0.3 is 0 Å². The van der Waals surface area contributed by atoms with Crippen molar-refractivity contribution in [1.29, 1.82) is 0 Å². The van der Waals surface area contributed by atoms with E-state index in [2.05, 4.69) is 174 Å². The number of fused-ring (bicyclic) bond motifs is 5. The molecule has 0 N–H and O–H groups in total. The van der Waals surface area contributed by atoms with Crippen LogP contribution in [0.15, 0.2) is 187 Å². The second-order valence-corrected chi connectivity index (χ2v) is 12.0. The average molecular weight is 615 g/mol. The number of anilines is 3. The van der Waals surface area contributed by atoms with Crippen molar-refractivity contribution in [2.45, 2.75) is 0 Å². The van der Waals surface area contributed by atoms with Crippen LogP contribution in [-0.4, -0.2) is 4.98 Å². The van der Waals surface area contributed by atoms with E-state index in [1.165, 1.54) is 27.6 Å². The van der Waals surface area contributed by atoms with Crippen molar-refractivity contribution in [1.82, 2.24) is 4.98 Å². The predicted molar refractivity (Wildman–Crippen MR) is 200 cm³/mol. The first-order valence-electron chi connectivity index (χ1n) is 16.2. The van der Waals surface area contributed by atoms with Gasteiger partial charge in [-0.3, -0.25) is 4.98 Å². The van der Waals surface area contributed by atoms with E-state index >= 15 is 0 Å². The first kappa shape index (κ1) is 27.8. The Bertz CT molecular complexity index is 2540. The number of para-hydroxylation sites is 1. The fraction of sp³-hybridized carbons (Fsp3) is 0. The minimum atomic E-state index is 0.856. The van der Waals surface area contributed by atoms with Crippen LogP contribution < -0.4 is 4.90 Å². The van der Waals surface area contributed by atoms with Crippen molar-refractivity contribution in [3.63, 3.8) is 0 Å². The largest absolute Gasteiger partial charge is 0.456 e. The summed E-state index contributed by atoms with van der Waals surface area (Å²) in [6.07, 6.45) is 3.68. The van der Waals surface area contributed by atoms with Crippen LogP contribution >= 0.6 is 0 Å². The first-order valence-corrected chi connectivity index (χ1v) is 16.2. The predicted octanol–water partition coefficient (Wildman–Crippen LogP) is 12.6. The third-order valence-corrected chi connectivity index (χ3v) is 9.17. The maximum absolute atomic E-state index is 6.16. The van der Waals surface area contributed by atoms with E-state index in [0.717, 1.165) is 55.5 Å². The van der Waals surface area contributed by atoms with Crippen LogP contribution in [0.1, 0.15) is 0 Å². The molecule has 0 aliphatic rings. The molecule has 2 aromatic heterocycles. The van der Waals surface area contributed by atoms with Crippen LogP contribution in [0.3, 0.4) is 0 Å². The van der Waals surface area contributed by atoms with E-state index in [-0.39, 0.29) is 0 Å². The van der Waals surface area contributed by atoms with Gasteiger partial charge in [0, 0.05) is 40.1 Å². The summed E-state index contributed by atoms with van der Waals surface area (Å²) in [5.74, 6) is 0. The van der Waals surface area contributed by atoms with Gasteiger partial charge in [0.1, 0.15) is 11.2 Å². The molecule has 0 saturated heterocycles. The Labute approximate surface area is 279 Å². The normalized spacial score (nSPS) is 11.3. The second-order valence-electron chi connectivity index (χ2n) is 12.0. The Balaban J connectivity index is 1.15. The lowest BCUT2D eigenvalue weighted by atomic mass is 9.97. The van der Waals surface area contributed by atoms with Gasteiger partial charge in [0.15, 0.2) is 0 Å². The fourth-order valence-electron chi connectivity index (χ4n) is 6.81. The van der Waals surface area contributed by atoms with Crippen molar-refractivity contribution in [2.24, 2.45) is 0 Å². The Hall–Kier alpha value is -6.45. The van der Waals surface area contributed by atoms with E-state index in [1.54, 1.807) is 6.20 Å². The number of hydrogen-bond acceptors (Lipinski definition) is 3. The molecule has 9 rings (SSSR count). The monoisotopic (exact) mass is 614 g/mol. The van der Waals surface area contributed by atoms with Crippen molar-refractivity contribution in [2.75, 3.05) is 4.90 Å². The molecule has 0 saturated carbocycles. The molecule has 3 nitrogen and oxygen atoms in total. The Morgan fingerprint density at radius 3 is 1.75 bits per heavy atom. The first-order chi connectivity index (χ1) is 23.8. The van der Waals surface area contributed by atoms with Crippen LogP contribution in [0.2, 0.25) is 0 Å². The van der Waals surface area contributed by atoms with Gasteiger partial charge in [0.2, 0.25) is 0 Å². The summed E-state index contributed by atoms with van der Waals surface area (Å²) >= 11 is 0. The summed E-state index contributed by atoms with van der Waals surface area (Å²) in [5.41, 5.74) is 12.1. The zero-order valence-corrected chi connectivity index (χ0v) is 26.1. The maximum atomic E-state index is 6.16. The van der Waals surface area contributed by atoms with Crippen LogP contribution in [-0.2, 0) is 0 Å². The number of furan rings is 1. The summed E-state index contributed by atoms with van der Waals surface area (Å²) in [5, 5.41) is 4.49. The summed E-state index contributed by atoms with van der Waals surface area (Å²) < 4.78 is 6.16. The highest BCUT2D eigenvalue weighted by Crippen LogP contribution is 2.42. The topological polar surface area (TPSA) is 29.3 Å². The van der Waals surface area contributed by atoms with Gasteiger partial charge in [0.25, 0.3) is 0 Å². The third-order valence-electron chi connectivity index (χ3n) is 9.17. The molecule has 0 fully saturated rings. The summed E-state index contributed by atoms with van der Waals surface area (Å²) in [6, 6.07) is 60.3. The summed E-state index contributed by atoms with van der Waals surface area (Å²) in [6.45, 7) is 0. The molecule has 0 aliphatic carbocycles. The van der Waals surface area contributed by atoms with Crippen LogP contribution in [0.5, 0.6) is 0 Å². The molecule has 0 atom stereocenters. The van der Waals surface area contributed by atoms with E-state index in [9.17, 15) is 0 Å². The molecule has 0 amide bonds. The molecule has 0 spiro atoms. The second kappa shape index (κ2) is 11.7. The van der Waals surface area contributed by atoms with Gasteiger partial charge in [-0.15, -0.1) is 0 Å². The molecule has 0 aliphatic heterocycles. The number of aromatic nitrogens is 1. The molecule has 0 bridgehead atoms. The minimum Gasteiger partial charge on any atom is -0.456 e. The summed E-state index contributed by atoms with van der Waals surface area (Å²) in [7, 11) is 0. The van der Waals surface area contributed by atoms with Crippen molar-refractivity contribution in [3.8, 4) is 33.4 Å². The molecule has 0 unspecified atom stereocenters. The minimum absolute atomic E-state index is 0.856. The highest BCUT2D eigenvalue weighted by atomic mass is 16.3. The van der Waals surface area contributed by atoms with Crippen molar-refractivity contribution in [3.05, 3.63) is 182 Å². The van der Waals surface area contributed by atoms with Gasteiger partial charge in [-0.05, 0) is 87.1 Å². The molecule has 9 aromatic rings. The molecule has 7 aromatic carbocycles. The molecular formula is C45H30N2O. The maximum Gasteiger partial charge on any atom is 0.138 e. The average Bonchev–Trinajstić information content (AvgIpc) is 3.56. The number of hydrogen-bond donors (Lipinski definition) is 0. The molecule has 3 heteroatoms. The van der Waals surface area contributed by atoms with Gasteiger partial charge in [-0.25, -0.2) is 0 Å². The van der Waals surface area contributed by atoms with Crippen LogP contribution in [0, 0.1) is 0 Å². The zero-order chi connectivity index (χ0) is 31.9. The zero-order valence-electron chi connectivity index (χ0n) is 26.1. The number of rotatable bonds is 6. The molecule has 48 heavy (non-hydrogen) atoms. The van der Waals surface area contributed by atoms with Crippen LogP contribution in [0.4, 0.5) is 17.1 Å². The van der Waals surface area contributed by atoms with Gasteiger partial charge in [0.05, 0.1) is 5.69 Å². The number of pyridine rings is 1.